The molecule has 4 nitrogen and oxygen atoms in total. The molecule has 0 unspecified atom stereocenters. The number of hydrogen-bond acceptors (Lipinski definition) is 3. The van der Waals surface area contributed by atoms with Crippen molar-refractivity contribution in [3.63, 3.8) is 0 Å². The van der Waals surface area contributed by atoms with E-state index in [4.69, 9.17) is 27.9 Å². The Morgan fingerprint density at radius 3 is 2.17 bits per heavy atom. The number of anilines is 1. The highest BCUT2D eigenvalue weighted by atomic mass is 35.5. The number of ether oxygens (including phenoxy) is 1. The fraction of sp³-hybridized carbons (Fsp3) is 0.0588. The van der Waals surface area contributed by atoms with Gasteiger partial charge in [0, 0.05) is 20.8 Å². The molecular weight excluding hydrogens is 369 g/mol. The molecule has 0 amide bonds. The highest BCUT2D eigenvalue weighted by Crippen LogP contribution is 2.33. The molecule has 3 rings (SSSR count). The average Bonchev–Trinajstić information content (AvgIpc) is 2.54. The average molecular weight is 382 g/mol. The van der Waals surface area contributed by atoms with Gasteiger partial charge in [0.15, 0.2) is 0 Å². The lowest BCUT2D eigenvalue weighted by Gasteiger charge is -2.13. The number of methoxy groups -OCH3 is 1. The SMILES string of the molecule is COc1ccc(NS(=O)(=O)c2cc(Cl)cc(Cl)c2)c2ccccc12. The molecule has 0 aliphatic carbocycles. The van der Waals surface area contributed by atoms with Crippen molar-refractivity contribution in [2.45, 2.75) is 4.90 Å². The zero-order valence-electron chi connectivity index (χ0n) is 12.6. The van der Waals surface area contributed by atoms with Crippen molar-refractivity contribution in [1.29, 1.82) is 0 Å². The van der Waals surface area contributed by atoms with Crippen molar-refractivity contribution in [2.24, 2.45) is 0 Å². The molecule has 0 radical (unpaired) electrons. The van der Waals surface area contributed by atoms with Gasteiger partial charge in [0.2, 0.25) is 0 Å². The molecule has 0 saturated heterocycles. The summed E-state index contributed by atoms with van der Waals surface area (Å²) in [7, 11) is -2.26. The van der Waals surface area contributed by atoms with Gasteiger partial charge in [-0.25, -0.2) is 8.42 Å². The van der Waals surface area contributed by atoms with E-state index in [1.54, 1.807) is 19.2 Å². The lowest BCUT2D eigenvalue weighted by atomic mass is 10.1. The van der Waals surface area contributed by atoms with Crippen LogP contribution in [0, 0.1) is 0 Å². The molecule has 0 aliphatic heterocycles. The first-order valence-electron chi connectivity index (χ1n) is 6.95. The van der Waals surface area contributed by atoms with Gasteiger partial charge >= 0.3 is 0 Å². The van der Waals surface area contributed by atoms with E-state index < -0.39 is 10.0 Å². The lowest BCUT2D eigenvalue weighted by Crippen LogP contribution is -2.13. The molecule has 0 saturated carbocycles. The van der Waals surface area contributed by atoms with Gasteiger partial charge < -0.3 is 4.74 Å². The van der Waals surface area contributed by atoms with Crippen LogP contribution in [0.5, 0.6) is 5.75 Å². The van der Waals surface area contributed by atoms with Crippen LogP contribution in [0.15, 0.2) is 59.5 Å². The van der Waals surface area contributed by atoms with Crippen molar-refractivity contribution in [3.8, 4) is 5.75 Å². The molecule has 0 atom stereocenters. The van der Waals surface area contributed by atoms with Crippen LogP contribution in [0.1, 0.15) is 0 Å². The molecule has 0 heterocycles. The maximum atomic E-state index is 12.6. The zero-order chi connectivity index (χ0) is 17.3. The second kappa shape index (κ2) is 6.51. The molecule has 0 spiro atoms. The smallest absolute Gasteiger partial charge is 0.262 e. The van der Waals surface area contributed by atoms with Crippen molar-refractivity contribution < 1.29 is 13.2 Å². The molecule has 3 aromatic carbocycles. The van der Waals surface area contributed by atoms with E-state index in [0.29, 0.717) is 11.4 Å². The topological polar surface area (TPSA) is 55.4 Å². The van der Waals surface area contributed by atoms with E-state index in [1.807, 2.05) is 24.3 Å². The highest BCUT2D eigenvalue weighted by molar-refractivity contribution is 7.92. The quantitative estimate of drug-likeness (QED) is 0.694. The number of rotatable bonds is 4. The summed E-state index contributed by atoms with van der Waals surface area (Å²) >= 11 is 11.8. The molecular formula is C17H13Cl2NO3S. The summed E-state index contributed by atoms with van der Waals surface area (Å²) in [6.45, 7) is 0. The Balaban J connectivity index is 2.09. The normalized spacial score (nSPS) is 11.5. The third-order valence-corrected chi connectivity index (χ3v) is 5.28. The fourth-order valence-electron chi connectivity index (χ4n) is 2.43. The number of halogens is 2. The van der Waals surface area contributed by atoms with Crippen molar-refractivity contribution in [1.82, 2.24) is 0 Å². The number of hydrogen-bond donors (Lipinski definition) is 1. The Labute approximate surface area is 150 Å². The van der Waals surface area contributed by atoms with Crippen molar-refractivity contribution in [3.05, 3.63) is 64.6 Å². The number of sulfonamides is 1. The standard InChI is InChI=1S/C17H13Cl2NO3S/c1-23-17-7-6-16(14-4-2-3-5-15(14)17)20-24(21,22)13-9-11(18)8-12(19)10-13/h2-10,20H,1H3. The first kappa shape index (κ1) is 16.9. The summed E-state index contributed by atoms with van der Waals surface area (Å²) in [5, 5.41) is 2.04. The number of benzene rings is 3. The predicted molar refractivity (Wildman–Crippen MR) is 97.8 cm³/mol. The third kappa shape index (κ3) is 3.29. The Morgan fingerprint density at radius 2 is 1.54 bits per heavy atom. The van der Waals surface area contributed by atoms with Gasteiger partial charge in [-0.2, -0.15) is 0 Å². The summed E-state index contributed by atoms with van der Waals surface area (Å²) in [6.07, 6.45) is 0. The molecule has 0 aliphatic rings. The largest absolute Gasteiger partial charge is 0.496 e. The lowest BCUT2D eigenvalue weighted by molar-refractivity contribution is 0.420. The minimum absolute atomic E-state index is 0.0000934. The molecule has 0 fully saturated rings. The van der Waals surface area contributed by atoms with E-state index in [0.717, 1.165) is 10.8 Å². The Morgan fingerprint density at radius 1 is 0.917 bits per heavy atom. The second-order valence-electron chi connectivity index (χ2n) is 5.07. The van der Waals surface area contributed by atoms with Crippen LogP contribution in [0.3, 0.4) is 0 Å². The van der Waals surface area contributed by atoms with Crippen LogP contribution < -0.4 is 9.46 Å². The fourth-order valence-corrected chi connectivity index (χ4v) is 4.23. The Hall–Kier alpha value is -1.95. The molecule has 1 N–H and O–H groups in total. The summed E-state index contributed by atoms with van der Waals surface area (Å²) in [4.78, 5) is -0.0000934. The van der Waals surface area contributed by atoms with Crippen LogP contribution >= 0.6 is 23.2 Å². The molecule has 0 bridgehead atoms. The van der Waals surface area contributed by atoms with Crippen molar-refractivity contribution >= 4 is 49.7 Å². The summed E-state index contributed by atoms with van der Waals surface area (Å²) in [6, 6.07) is 14.9. The number of fused-ring (bicyclic) bond motifs is 1. The molecule has 124 valence electrons. The molecule has 3 aromatic rings. The Kier molecular flexibility index (Phi) is 4.58. The van der Waals surface area contributed by atoms with Crippen LogP contribution in [0.25, 0.3) is 10.8 Å². The van der Waals surface area contributed by atoms with Gasteiger partial charge in [-0.05, 0) is 30.3 Å². The van der Waals surface area contributed by atoms with E-state index in [2.05, 4.69) is 4.72 Å². The van der Waals surface area contributed by atoms with Crippen LogP contribution in [0.2, 0.25) is 10.0 Å². The van der Waals surface area contributed by atoms with Gasteiger partial charge in [-0.15, -0.1) is 0 Å². The molecule has 7 heteroatoms. The molecule has 24 heavy (non-hydrogen) atoms. The van der Waals surface area contributed by atoms with Gasteiger partial charge in [-0.1, -0.05) is 47.5 Å². The predicted octanol–water partition coefficient (Wildman–Crippen LogP) is 4.96. The van der Waals surface area contributed by atoms with E-state index in [-0.39, 0.29) is 14.9 Å². The van der Waals surface area contributed by atoms with Crippen LogP contribution in [-0.2, 0) is 10.0 Å². The maximum Gasteiger partial charge on any atom is 0.262 e. The highest BCUT2D eigenvalue weighted by Gasteiger charge is 2.17. The number of nitrogens with one attached hydrogen (secondary N) is 1. The summed E-state index contributed by atoms with van der Waals surface area (Å²) < 4.78 is 33.2. The second-order valence-corrected chi connectivity index (χ2v) is 7.63. The van der Waals surface area contributed by atoms with Gasteiger partial charge in [0.25, 0.3) is 10.0 Å². The third-order valence-electron chi connectivity index (χ3n) is 3.49. The minimum Gasteiger partial charge on any atom is -0.496 e. The minimum atomic E-state index is -3.83. The first-order valence-corrected chi connectivity index (χ1v) is 9.19. The van der Waals surface area contributed by atoms with Gasteiger partial charge in [0.05, 0.1) is 17.7 Å². The van der Waals surface area contributed by atoms with E-state index in [9.17, 15) is 8.42 Å². The molecule has 0 aromatic heterocycles. The van der Waals surface area contributed by atoms with Gasteiger partial charge in [-0.3, -0.25) is 4.72 Å². The Bertz CT molecular complexity index is 999. The van der Waals surface area contributed by atoms with Crippen LogP contribution in [0.4, 0.5) is 5.69 Å². The summed E-state index contributed by atoms with van der Waals surface area (Å²) in [5.74, 6) is 0.666. The maximum absolute atomic E-state index is 12.6. The van der Waals surface area contributed by atoms with E-state index >= 15 is 0 Å². The van der Waals surface area contributed by atoms with Crippen LogP contribution in [-0.4, -0.2) is 15.5 Å². The van der Waals surface area contributed by atoms with Crippen molar-refractivity contribution in [2.75, 3.05) is 11.8 Å². The zero-order valence-corrected chi connectivity index (χ0v) is 14.9. The monoisotopic (exact) mass is 381 g/mol. The van der Waals surface area contributed by atoms with E-state index in [1.165, 1.54) is 18.2 Å². The van der Waals surface area contributed by atoms with Gasteiger partial charge in [0.1, 0.15) is 5.75 Å². The first-order chi connectivity index (χ1) is 11.4. The summed E-state index contributed by atoms with van der Waals surface area (Å²) in [5.41, 5.74) is 0.447.